The fourth-order valence-corrected chi connectivity index (χ4v) is 4.06. The molecule has 1 aromatic carbocycles. The highest BCUT2D eigenvalue weighted by molar-refractivity contribution is 5.48. The van der Waals surface area contributed by atoms with E-state index in [1.165, 1.54) is 0 Å². The molecule has 0 saturated carbocycles. The summed E-state index contributed by atoms with van der Waals surface area (Å²) < 4.78 is 7.52. The zero-order valence-electron chi connectivity index (χ0n) is 18.7. The van der Waals surface area contributed by atoms with Crippen molar-refractivity contribution in [3.05, 3.63) is 60.4 Å². The number of phenols is 1. The van der Waals surface area contributed by atoms with Crippen molar-refractivity contribution in [2.45, 2.75) is 32.6 Å². The zero-order valence-corrected chi connectivity index (χ0v) is 18.7. The lowest BCUT2D eigenvalue weighted by molar-refractivity contribution is 0.244. The molecule has 1 aliphatic heterocycles. The van der Waals surface area contributed by atoms with E-state index in [0.717, 1.165) is 49.7 Å². The molecule has 0 aliphatic carbocycles. The molecule has 0 bridgehead atoms. The Morgan fingerprint density at radius 3 is 2.56 bits per heavy atom. The summed E-state index contributed by atoms with van der Waals surface area (Å²) in [6.45, 7) is 6.93. The molecule has 170 valence electrons. The number of benzene rings is 1. The summed E-state index contributed by atoms with van der Waals surface area (Å²) in [4.78, 5) is 17.4. The first-order chi connectivity index (χ1) is 15.7. The Morgan fingerprint density at radius 1 is 1.12 bits per heavy atom. The van der Waals surface area contributed by atoms with E-state index >= 15 is 0 Å². The Morgan fingerprint density at radius 2 is 1.91 bits per heavy atom. The quantitative estimate of drug-likeness (QED) is 0.527. The van der Waals surface area contributed by atoms with Gasteiger partial charge in [-0.25, -0.2) is 15.0 Å². The molecule has 2 aromatic heterocycles. The molecule has 2 N–H and O–H groups in total. The van der Waals surface area contributed by atoms with Gasteiger partial charge in [0.1, 0.15) is 0 Å². The second kappa shape index (κ2) is 10.4. The standard InChI is InChI=1S/C23H31N7O2/c1-3-21(30-8-7-24-17-30)27-15-18-13-19(22(31)20(14-18)32-2)16-28-9-11-29(12-10-28)23-25-5-4-6-26-23/h4-8,13-14,17,21,27,31H,3,9-12,15-16H2,1-2H3. The van der Waals surface area contributed by atoms with Gasteiger partial charge in [0.05, 0.1) is 19.6 Å². The van der Waals surface area contributed by atoms with E-state index in [-0.39, 0.29) is 11.9 Å². The fourth-order valence-electron chi connectivity index (χ4n) is 4.06. The third kappa shape index (κ3) is 5.17. The number of phenolic OH excluding ortho intramolecular Hbond substituents is 1. The molecule has 32 heavy (non-hydrogen) atoms. The highest BCUT2D eigenvalue weighted by atomic mass is 16.5. The number of aromatic nitrogens is 4. The Labute approximate surface area is 188 Å². The van der Waals surface area contributed by atoms with Crippen LogP contribution >= 0.6 is 0 Å². The minimum atomic E-state index is 0.161. The molecule has 0 spiro atoms. The molecule has 3 aromatic rings. The lowest BCUT2D eigenvalue weighted by Crippen LogP contribution is -2.46. The highest BCUT2D eigenvalue weighted by Crippen LogP contribution is 2.33. The lowest BCUT2D eigenvalue weighted by atomic mass is 10.1. The molecule has 1 unspecified atom stereocenters. The van der Waals surface area contributed by atoms with E-state index < -0.39 is 0 Å². The van der Waals surface area contributed by atoms with E-state index in [1.807, 2.05) is 24.7 Å². The maximum absolute atomic E-state index is 10.7. The van der Waals surface area contributed by atoms with Crippen LogP contribution in [0, 0.1) is 0 Å². The number of aromatic hydroxyl groups is 1. The molecule has 4 rings (SSSR count). The number of nitrogens with one attached hydrogen (secondary N) is 1. The predicted octanol–water partition coefficient (Wildman–Crippen LogP) is 2.41. The van der Waals surface area contributed by atoms with Crippen LogP contribution in [-0.2, 0) is 13.1 Å². The first kappa shape index (κ1) is 22.0. The summed E-state index contributed by atoms with van der Waals surface area (Å²) >= 11 is 0. The fraction of sp³-hybridized carbons (Fsp3) is 0.435. The topological polar surface area (TPSA) is 91.6 Å². The van der Waals surface area contributed by atoms with Crippen LogP contribution in [0.15, 0.2) is 49.3 Å². The van der Waals surface area contributed by atoms with Gasteiger partial charge in [0, 0.05) is 69.6 Å². The van der Waals surface area contributed by atoms with E-state index in [2.05, 4.69) is 47.6 Å². The van der Waals surface area contributed by atoms with Crippen molar-refractivity contribution in [1.29, 1.82) is 0 Å². The van der Waals surface area contributed by atoms with Gasteiger partial charge in [-0.15, -0.1) is 0 Å². The lowest BCUT2D eigenvalue weighted by Gasteiger charge is -2.34. The smallest absolute Gasteiger partial charge is 0.225 e. The molecular weight excluding hydrogens is 406 g/mol. The molecular formula is C23H31N7O2. The first-order valence-corrected chi connectivity index (χ1v) is 11.0. The van der Waals surface area contributed by atoms with Gasteiger partial charge in [-0.1, -0.05) is 6.92 Å². The largest absolute Gasteiger partial charge is 0.504 e. The number of hydrogen-bond acceptors (Lipinski definition) is 8. The molecule has 0 amide bonds. The van der Waals surface area contributed by atoms with Gasteiger partial charge < -0.3 is 19.3 Å². The summed E-state index contributed by atoms with van der Waals surface area (Å²) in [6, 6.07) is 5.80. The van der Waals surface area contributed by atoms with Crippen LogP contribution in [-0.4, -0.2) is 62.8 Å². The average molecular weight is 438 g/mol. The van der Waals surface area contributed by atoms with E-state index in [1.54, 1.807) is 25.7 Å². The van der Waals surface area contributed by atoms with E-state index in [4.69, 9.17) is 4.74 Å². The highest BCUT2D eigenvalue weighted by Gasteiger charge is 2.21. The Balaban J connectivity index is 1.41. The number of methoxy groups -OCH3 is 1. The summed E-state index contributed by atoms with van der Waals surface area (Å²) in [5.41, 5.74) is 1.95. The number of rotatable bonds is 9. The Kier molecular flexibility index (Phi) is 7.18. The number of anilines is 1. The second-order valence-electron chi connectivity index (χ2n) is 7.93. The van der Waals surface area contributed by atoms with Gasteiger partial charge in [0.15, 0.2) is 11.5 Å². The van der Waals surface area contributed by atoms with Crippen molar-refractivity contribution in [3.63, 3.8) is 0 Å². The monoisotopic (exact) mass is 437 g/mol. The predicted molar refractivity (Wildman–Crippen MR) is 123 cm³/mol. The van der Waals surface area contributed by atoms with Crippen LogP contribution in [0.5, 0.6) is 11.5 Å². The average Bonchev–Trinajstić information content (AvgIpc) is 3.37. The molecule has 1 saturated heterocycles. The van der Waals surface area contributed by atoms with Crippen molar-refractivity contribution in [3.8, 4) is 11.5 Å². The van der Waals surface area contributed by atoms with Gasteiger partial charge in [-0.3, -0.25) is 10.2 Å². The molecule has 9 heteroatoms. The number of ether oxygens (including phenoxy) is 1. The minimum Gasteiger partial charge on any atom is -0.504 e. The van der Waals surface area contributed by atoms with Crippen molar-refractivity contribution >= 4 is 5.95 Å². The third-order valence-corrected chi connectivity index (χ3v) is 5.85. The van der Waals surface area contributed by atoms with Crippen LogP contribution in [0.25, 0.3) is 0 Å². The van der Waals surface area contributed by atoms with Gasteiger partial charge in [0.2, 0.25) is 5.95 Å². The number of imidazole rings is 1. The van der Waals surface area contributed by atoms with Gasteiger partial charge >= 0.3 is 0 Å². The van der Waals surface area contributed by atoms with Crippen molar-refractivity contribution in [2.24, 2.45) is 0 Å². The molecule has 1 atom stereocenters. The number of hydrogen-bond donors (Lipinski definition) is 2. The Hall–Kier alpha value is -3.17. The van der Waals surface area contributed by atoms with Crippen LogP contribution < -0.4 is 15.0 Å². The molecule has 9 nitrogen and oxygen atoms in total. The van der Waals surface area contributed by atoms with E-state index in [0.29, 0.717) is 18.8 Å². The maximum atomic E-state index is 10.7. The molecule has 0 radical (unpaired) electrons. The Bertz CT molecular complexity index is 974. The summed E-state index contributed by atoms with van der Waals surface area (Å²) in [5.74, 6) is 1.49. The SMILES string of the molecule is CCC(NCc1cc(CN2CCN(c3ncccn3)CC2)c(O)c(OC)c1)n1ccnc1. The normalized spacial score (nSPS) is 15.6. The second-order valence-corrected chi connectivity index (χ2v) is 7.93. The van der Waals surface area contributed by atoms with Crippen LogP contribution in [0.4, 0.5) is 5.95 Å². The van der Waals surface area contributed by atoms with Crippen molar-refractivity contribution < 1.29 is 9.84 Å². The van der Waals surface area contributed by atoms with Gasteiger partial charge in [0.25, 0.3) is 0 Å². The summed E-state index contributed by atoms with van der Waals surface area (Å²) in [7, 11) is 1.59. The first-order valence-electron chi connectivity index (χ1n) is 11.0. The minimum absolute atomic E-state index is 0.161. The van der Waals surface area contributed by atoms with Crippen LogP contribution in [0.2, 0.25) is 0 Å². The number of nitrogens with zero attached hydrogens (tertiary/aromatic N) is 6. The number of piperazine rings is 1. The third-order valence-electron chi connectivity index (χ3n) is 5.85. The van der Waals surface area contributed by atoms with Crippen molar-refractivity contribution in [1.82, 2.24) is 29.7 Å². The zero-order chi connectivity index (χ0) is 22.3. The summed E-state index contributed by atoms with van der Waals surface area (Å²) in [5, 5.41) is 14.3. The van der Waals surface area contributed by atoms with Crippen LogP contribution in [0.1, 0.15) is 30.6 Å². The van der Waals surface area contributed by atoms with Gasteiger partial charge in [-0.05, 0) is 30.2 Å². The van der Waals surface area contributed by atoms with Gasteiger partial charge in [-0.2, -0.15) is 0 Å². The van der Waals surface area contributed by atoms with Crippen LogP contribution in [0.3, 0.4) is 0 Å². The molecule has 1 aliphatic rings. The van der Waals surface area contributed by atoms with Crippen molar-refractivity contribution in [2.75, 3.05) is 38.2 Å². The molecule has 3 heterocycles. The molecule has 1 fully saturated rings. The van der Waals surface area contributed by atoms with E-state index in [9.17, 15) is 5.11 Å². The summed E-state index contributed by atoms with van der Waals surface area (Å²) in [6.07, 6.45) is 10.2. The maximum Gasteiger partial charge on any atom is 0.225 e.